The van der Waals surface area contributed by atoms with Crippen molar-refractivity contribution in [2.45, 2.75) is 0 Å². The summed E-state index contributed by atoms with van der Waals surface area (Å²) < 4.78 is 31.3. The molecule has 0 atom stereocenters. The van der Waals surface area contributed by atoms with Gasteiger partial charge in [0.1, 0.15) is 5.75 Å². The van der Waals surface area contributed by atoms with Gasteiger partial charge in [-0.25, -0.2) is 14.2 Å². The van der Waals surface area contributed by atoms with Gasteiger partial charge >= 0.3 is 0 Å². The monoisotopic (exact) mass is 340 g/mol. The van der Waals surface area contributed by atoms with Crippen molar-refractivity contribution in [3.05, 3.63) is 77.9 Å². The molecule has 0 saturated heterocycles. The number of nitrogens with one attached hydrogen (secondary N) is 1. The number of rotatable bonds is 5. The molecule has 0 fully saturated rings. The third kappa shape index (κ3) is 4.38. The second-order valence-electron chi connectivity index (χ2n) is 5.26. The van der Waals surface area contributed by atoms with Gasteiger partial charge in [-0.1, -0.05) is 36.4 Å². The maximum absolute atomic E-state index is 13.0. The highest BCUT2D eigenvalue weighted by Gasteiger charge is 2.03. The molecular formula is C19H14F2N2O2. The Labute approximate surface area is 142 Å². The van der Waals surface area contributed by atoms with Gasteiger partial charge in [0, 0.05) is 0 Å². The molecule has 0 bridgehead atoms. The number of hydrogen-bond donors (Lipinski definition) is 1. The van der Waals surface area contributed by atoms with Gasteiger partial charge in [0.25, 0.3) is 5.91 Å². The molecule has 3 aromatic rings. The normalized spacial score (nSPS) is 11.0. The zero-order valence-electron chi connectivity index (χ0n) is 13.1. The van der Waals surface area contributed by atoms with E-state index in [9.17, 15) is 13.6 Å². The van der Waals surface area contributed by atoms with Crippen LogP contribution in [-0.2, 0) is 4.79 Å². The molecule has 0 aliphatic rings. The molecule has 6 heteroatoms. The first kappa shape index (κ1) is 16.6. The largest absolute Gasteiger partial charge is 0.484 e. The molecule has 1 amide bonds. The van der Waals surface area contributed by atoms with Crippen molar-refractivity contribution in [2.24, 2.45) is 5.10 Å². The molecule has 3 rings (SSSR count). The number of fused-ring (bicyclic) bond motifs is 1. The molecule has 0 aliphatic heterocycles. The number of nitrogens with zero attached hydrogens (tertiary/aromatic N) is 1. The van der Waals surface area contributed by atoms with Gasteiger partial charge in [-0.05, 0) is 40.6 Å². The Hall–Kier alpha value is -3.28. The molecule has 4 nitrogen and oxygen atoms in total. The molecule has 0 aromatic heterocycles. The van der Waals surface area contributed by atoms with Crippen molar-refractivity contribution in [1.82, 2.24) is 5.43 Å². The Morgan fingerprint density at radius 1 is 1.00 bits per heavy atom. The zero-order chi connectivity index (χ0) is 17.6. The van der Waals surface area contributed by atoms with Crippen LogP contribution < -0.4 is 10.2 Å². The Balaban J connectivity index is 1.53. The van der Waals surface area contributed by atoms with E-state index >= 15 is 0 Å². The number of amides is 1. The van der Waals surface area contributed by atoms with Crippen molar-refractivity contribution in [2.75, 3.05) is 6.61 Å². The summed E-state index contributed by atoms with van der Waals surface area (Å²) in [5, 5.41) is 5.77. The Morgan fingerprint density at radius 3 is 2.60 bits per heavy atom. The van der Waals surface area contributed by atoms with E-state index in [0.717, 1.165) is 22.9 Å². The second kappa shape index (κ2) is 7.53. The summed E-state index contributed by atoms with van der Waals surface area (Å²) in [5.74, 6) is -1.81. The number of halogens is 2. The SMILES string of the molecule is O=C(COc1ccc2ccccc2c1)N/N=C/c1ccc(F)c(F)c1. The van der Waals surface area contributed by atoms with Gasteiger partial charge in [0.05, 0.1) is 6.21 Å². The third-order valence-corrected chi connectivity index (χ3v) is 3.44. The average molecular weight is 340 g/mol. The van der Waals surface area contributed by atoms with Crippen molar-refractivity contribution < 1.29 is 18.3 Å². The quantitative estimate of drug-likeness (QED) is 0.569. The van der Waals surface area contributed by atoms with Crippen LogP contribution in [0.3, 0.4) is 0 Å². The highest BCUT2D eigenvalue weighted by atomic mass is 19.2. The van der Waals surface area contributed by atoms with E-state index in [2.05, 4.69) is 10.5 Å². The Morgan fingerprint density at radius 2 is 1.80 bits per heavy atom. The summed E-state index contributed by atoms with van der Waals surface area (Å²) >= 11 is 0. The molecule has 3 aromatic carbocycles. The minimum atomic E-state index is -0.977. The molecule has 0 saturated carbocycles. The van der Waals surface area contributed by atoms with Crippen LogP contribution in [0.25, 0.3) is 10.8 Å². The molecular weight excluding hydrogens is 326 g/mol. The van der Waals surface area contributed by atoms with Crippen LogP contribution in [0.4, 0.5) is 8.78 Å². The fraction of sp³-hybridized carbons (Fsp3) is 0.0526. The van der Waals surface area contributed by atoms with E-state index in [-0.39, 0.29) is 6.61 Å². The molecule has 0 heterocycles. The van der Waals surface area contributed by atoms with E-state index in [4.69, 9.17) is 4.74 Å². The summed E-state index contributed by atoms with van der Waals surface area (Å²) in [5.41, 5.74) is 2.59. The van der Waals surface area contributed by atoms with Crippen molar-refractivity contribution in [3.8, 4) is 5.75 Å². The fourth-order valence-electron chi connectivity index (χ4n) is 2.21. The van der Waals surface area contributed by atoms with Crippen molar-refractivity contribution >= 4 is 22.9 Å². The van der Waals surface area contributed by atoms with Crippen LogP contribution >= 0.6 is 0 Å². The van der Waals surface area contributed by atoms with E-state index < -0.39 is 17.5 Å². The predicted octanol–water partition coefficient (Wildman–Crippen LogP) is 3.65. The van der Waals surface area contributed by atoms with Gasteiger partial charge in [0.15, 0.2) is 18.2 Å². The molecule has 0 unspecified atom stereocenters. The van der Waals surface area contributed by atoms with E-state index in [1.54, 1.807) is 6.07 Å². The summed E-state index contributed by atoms with van der Waals surface area (Å²) in [6.07, 6.45) is 1.22. The molecule has 0 radical (unpaired) electrons. The number of carbonyl (C=O) groups excluding carboxylic acids is 1. The topological polar surface area (TPSA) is 50.7 Å². The van der Waals surface area contributed by atoms with Gasteiger partial charge in [0.2, 0.25) is 0 Å². The fourth-order valence-corrected chi connectivity index (χ4v) is 2.21. The Bertz CT molecular complexity index is 942. The standard InChI is InChI=1S/C19H14F2N2O2/c20-17-8-5-13(9-18(17)21)11-22-23-19(24)12-25-16-7-6-14-3-1-2-4-15(14)10-16/h1-11H,12H2,(H,23,24)/b22-11+. The number of hydrogen-bond acceptors (Lipinski definition) is 3. The van der Waals surface area contributed by atoms with Crippen LogP contribution in [0.1, 0.15) is 5.56 Å². The summed E-state index contributed by atoms with van der Waals surface area (Å²) in [4.78, 5) is 11.7. The third-order valence-electron chi connectivity index (χ3n) is 3.44. The van der Waals surface area contributed by atoms with Crippen LogP contribution in [0, 0.1) is 11.6 Å². The number of benzene rings is 3. The highest BCUT2D eigenvalue weighted by molar-refractivity contribution is 5.84. The van der Waals surface area contributed by atoms with Gasteiger partial charge in [-0.3, -0.25) is 4.79 Å². The van der Waals surface area contributed by atoms with Crippen LogP contribution in [0.2, 0.25) is 0 Å². The average Bonchev–Trinajstić information content (AvgIpc) is 2.63. The number of hydrazone groups is 1. The molecule has 0 aliphatic carbocycles. The van der Waals surface area contributed by atoms with E-state index in [0.29, 0.717) is 11.3 Å². The van der Waals surface area contributed by atoms with E-state index in [1.807, 2.05) is 36.4 Å². The summed E-state index contributed by atoms with van der Waals surface area (Å²) in [6.45, 7) is -0.215. The predicted molar refractivity (Wildman–Crippen MR) is 91.5 cm³/mol. The first-order valence-corrected chi connectivity index (χ1v) is 7.50. The maximum atomic E-state index is 13.0. The lowest BCUT2D eigenvalue weighted by Gasteiger charge is -2.06. The molecule has 0 spiro atoms. The Kier molecular flexibility index (Phi) is 4.99. The van der Waals surface area contributed by atoms with Gasteiger partial charge in [-0.15, -0.1) is 0 Å². The molecule has 25 heavy (non-hydrogen) atoms. The summed E-state index contributed by atoms with van der Waals surface area (Å²) in [6, 6.07) is 16.6. The first-order chi connectivity index (χ1) is 12.1. The molecule has 1 N–H and O–H groups in total. The van der Waals surface area contributed by atoms with E-state index in [1.165, 1.54) is 12.3 Å². The smallest absolute Gasteiger partial charge is 0.277 e. The van der Waals surface area contributed by atoms with Crippen molar-refractivity contribution in [1.29, 1.82) is 0 Å². The lowest BCUT2D eigenvalue weighted by atomic mass is 10.1. The van der Waals surface area contributed by atoms with Crippen LogP contribution in [0.5, 0.6) is 5.75 Å². The number of ether oxygens (including phenoxy) is 1. The first-order valence-electron chi connectivity index (χ1n) is 7.50. The molecule has 126 valence electrons. The maximum Gasteiger partial charge on any atom is 0.277 e. The van der Waals surface area contributed by atoms with Crippen LogP contribution in [0.15, 0.2) is 65.8 Å². The lowest BCUT2D eigenvalue weighted by Crippen LogP contribution is -2.24. The van der Waals surface area contributed by atoms with Gasteiger partial charge < -0.3 is 4.74 Å². The highest BCUT2D eigenvalue weighted by Crippen LogP contribution is 2.20. The summed E-state index contributed by atoms with van der Waals surface area (Å²) in [7, 11) is 0. The second-order valence-corrected chi connectivity index (χ2v) is 5.26. The minimum absolute atomic E-state index is 0.215. The van der Waals surface area contributed by atoms with Crippen molar-refractivity contribution in [3.63, 3.8) is 0 Å². The number of carbonyl (C=O) groups is 1. The van der Waals surface area contributed by atoms with Gasteiger partial charge in [-0.2, -0.15) is 5.10 Å². The lowest BCUT2D eigenvalue weighted by molar-refractivity contribution is -0.123. The van der Waals surface area contributed by atoms with Crippen LogP contribution in [-0.4, -0.2) is 18.7 Å². The zero-order valence-corrected chi connectivity index (χ0v) is 13.1. The minimum Gasteiger partial charge on any atom is -0.484 e.